The number of hydrogen-bond donors (Lipinski definition) is 2. The fourth-order valence-corrected chi connectivity index (χ4v) is 7.48. The first-order valence-electron chi connectivity index (χ1n) is 11.7. The predicted molar refractivity (Wildman–Crippen MR) is 156 cm³/mol. The molecule has 1 heterocycles. The minimum atomic E-state index is -3.97. The number of rotatable bonds is 8. The van der Waals surface area contributed by atoms with E-state index in [1.807, 2.05) is 0 Å². The van der Waals surface area contributed by atoms with Crippen molar-refractivity contribution < 1.29 is 21.6 Å². The smallest absolute Gasteiger partial charge is 0.261 e. The fraction of sp³-hybridized carbons (Fsp3) is 0.240. The SMILES string of the molecule is O=C(Nc1ccc(S(=O)(=O)Nc2cccc(Cl)c2Cl)cc1)[C@@H]1CCCN(S(=O)(=O)Cc2ccc(Cl)c(Cl)c2)C1. The Morgan fingerprint density at radius 3 is 2.31 bits per heavy atom. The molecule has 1 saturated heterocycles. The third kappa shape index (κ3) is 7.38. The Morgan fingerprint density at radius 2 is 1.62 bits per heavy atom. The summed E-state index contributed by atoms with van der Waals surface area (Å²) < 4.78 is 55.3. The van der Waals surface area contributed by atoms with Gasteiger partial charge in [0.2, 0.25) is 15.9 Å². The lowest BCUT2D eigenvalue weighted by molar-refractivity contribution is -0.120. The number of carbonyl (C=O) groups is 1. The maximum Gasteiger partial charge on any atom is 0.261 e. The maximum absolute atomic E-state index is 13.0. The second-order valence-corrected chi connectivity index (χ2v) is 14.2. The van der Waals surface area contributed by atoms with E-state index < -0.39 is 26.0 Å². The van der Waals surface area contributed by atoms with Gasteiger partial charge in [0.05, 0.1) is 42.3 Å². The number of anilines is 2. The van der Waals surface area contributed by atoms with Crippen molar-refractivity contribution in [3.05, 3.63) is 86.3 Å². The molecular formula is C25H23Cl4N3O5S2. The molecule has 3 aromatic rings. The van der Waals surface area contributed by atoms with Crippen LogP contribution < -0.4 is 10.0 Å². The molecule has 0 saturated carbocycles. The fourth-order valence-electron chi connectivity index (χ4n) is 4.09. The van der Waals surface area contributed by atoms with Gasteiger partial charge in [-0.05, 0) is 66.9 Å². The Bertz CT molecular complexity index is 1600. The van der Waals surface area contributed by atoms with Gasteiger partial charge in [-0.25, -0.2) is 21.1 Å². The minimum absolute atomic E-state index is 0.0340. The topological polar surface area (TPSA) is 113 Å². The molecule has 0 spiro atoms. The van der Waals surface area contributed by atoms with E-state index in [0.717, 1.165) is 0 Å². The molecule has 4 rings (SSSR count). The molecule has 39 heavy (non-hydrogen) atoms. The van der Waals surface area contributed by atoms with Gasteiger partial charge in [-0.3, -0.25) is 9.52 Å². The van der Waals surface area contributed by atoms with E-state index in [2.05, 4.69) is 10.0 Å². The van der Waals surface area contributed by atoms with Gasteiger partial charge in [0.1, 0.15) is 0 Å². The summed E-state index contributed by atoms with van der Waals surface area (Å²) in [5.41, 5.74) is 1.01. The second-order valence-electron chi connectivity index (χ2n) is 8.92. The summed E-state index contributed by atoms with van der Waals surface area (Å²) in [6, 6.07) is 14.8. The number of nitrogens with zero attached hydrogens (tertiary/aromatic N) is 1. The molecule has 0 aliphatic carbocycles. The van der Waals surface area contributed by atoms with Gasteiger partial charge in [-0.2, -0.15) is 0 Å². The van der Waals surface area contributed by atoms with Gasteiger partial charge in [-0.1, -0.05) is 58.5 Å². The number of nitrogens with one attached hydrogen (secondary N) is 2. The van der Waals surface area contributed by atoms with Crippen molar-refractivity contribution in [2.75, 3.05) is 23.1 Å². The predicted octanol–water partition coefficient (Wildman–Crippen LogP) is 6.28. The van der Waals surface area contributed by atoms with Crippen LogP contribution in [0.25, 0.3) is 0 Å². The number of benzene rings is 3. The van der Waals surface area contributed by atoms with E-state index >= 15 is 0 Å². The number of piperidine rings is 1. The summed E-state index contributed by atoms with van der Waals surface area (Å²) in [7, 11) is -7.67. The summed E-state index contributed by atoms with van der Waals surface area (Å²) in [5.74, 6) is -1.19. The molecule has 3 aromatic carbocycles. The van der Waals surface area contributed by atoms with Gasteiger partial charge >= 0.3 is 0 Å². The highest BCUT2D eigenvalue weighted by Gasteiger charge is 2.32. The van der Waals surface area contributed by atoms with Crippen LogP contribution >= 0.6 is 46.4 Å². The normalized spacial score (nSPS) is 16.6. The first kappa shape index (κ1) is 29.9. The van der Waals surface area contributed by atoms with Crippen molar-refractivity contribution in [3.63, 3.8) is 0 Å². The van der Waals surface area contributed by atoms with Gasteiger partial charge in [0, 0.05) is 18.8 Å². The highest BCUT2D eigenvalue weighted by molar-refractivity contribution is 7.92. The Balaban J connectivity index is 1.39. The number of halogens is 4. The van der Waals surface area contributed by atoms with Gasteiger partial charge in [0.15, 0.2) is 0 Å². The van der Waals surface area contributed by atoms with Crippen molar-refractivity contribution in [1.29, 1.82) is 0 Å². The molecule has 0 bridgehead atoms. The van der Waals surface area contributed by atoms with E-state index in [9.17, 15) is 21.6 Å². The van der Waals surface area contributed by atoms with Crippen LogP contribution in [0, 0.1) is 5.92 Å². The van der Waals surface area contributed by atoms with Crippen molar-refractivity contribution in [1.82, 2.24) is 4.31 Å². The molecule has 1 aliphatic rings. The monoisotopic (exact) mass is 649 g/mol. The van der Waals surface area contributed by atoms with Crippen LogP contribution in [-0.2, 0) is 30.6 Å². The van der Waals surface area contributed by atoms with Crippen molar-refractivity contribution >= 4 is 83.7 Å². The number of hydrogen-bond acceptors (Lipinski definition) is 5. The quantitative estimate of drug-likeness (QED) is 0.298. The molecule has 208 valence electrons. The van der Waals surface area contributed by atoms with Crippen LogP contribution in [0.1, 0.15) is 18.4 Å². The van der Waals surface area contributed by atoms with E-state index in [0.29, 0.717) is 35.7 Å². The highest BCUT2D eigenvalue weighted by atomic mass is 35.5. The molecule has 1 aliphatic heterocycles. The number of carbonyl (C=O) groups excluding carboxylic acids is 1. The number of amides is 1. The Morgan fingerprint density at radius 1 is 0.897 bits per heavy atom. The molecular weight excluding hydrogens is 628 g/mol. The molecule has 14 heteroatoms. The molecule has 0 aromatic heterocycles. The van der Waals surface area contributed by atoms with Gasteiger partial charge < -0.3 is 5.32 Å². The molecule has 0 unspecified atom stereocenters. The molecule has 2 N–H and O–H groups in total. The Kier molecular flexibility index (Phi) is 9.37. The van der Waals surface area contributed by atoms with Crippen LogP contribution in [0.2, 0.25) is 20.1 Å². The van der Waals surface area contributed by atoms with Crippen LogP contribution in [0.15, 0.2) is 65.6 Å². The van der Waals surface area contributed by atoms with Crippen molar-refractivity contribution in [3.8, 4) is 0 Å². The second kappa shape index (κ2) is 12.2. The summed E-state index contributed by atoms with van der Waals surface area (Å²) in [5, 5.41) is 3.63. The van der Waals surface area contributed by atoms with Crippen LogP contribution in [0.5, 0.6) is 0 Å². The lowest BCUT2D eigenvalue weighted by Crippen LogP contribution is -2.44. The molecule has 1 amide bonds. The van der Waals surface area contributed by atoms with E-state index in [4.69, 9.17) is 46.4 Å². The first-order valence-corrected chi connectivity index (χ1v) is 16.3. The molecule has 8 nitrogen and oxygen atoms in total. The average molecular weight is 651 g/mol. The Hall–Kier alpha value is -2.05. The average Bonchev–Trinajstić information content (AvgIpc) is 2.89. The third-order valence-corrected chi connectivity index (χ3v) is 10.9. The molecule has 0 radical (unpaired) electrons. The molecule has 1 fully saturated rings. The zero-order valence-electron chi connectivity index (χ0n) is 20.2. The largest absolute Gasteiger partial charge is 0.326 e. The van der Waals surface area contributed by atoms with E-state index in [1.54, 1.807) is 18.2 Å². The maximum atomic E-state index is 13.0. The van der Waals surface area contributed by atoms with Crippen LogP contribution in [-0.4, -0.2) is 40.1 Å². The van der Waals surface area contributed by atoms with Crippen LogP contribution in [0.4, 0.5) is 11.4 Å². The van der Waals surface area contributed by atoms with Crippen molar-refractivity contribution in [2.24, 2.45) is 5.92 Å². The summed E-state index contributed by atoms with van der Waals surface area (Å²) in [4.78, 5) is 12.9. The van der Waals surface area contributed by atoms with Crippen molar-refractivity contribution in [2.45, 2.75) is 23.5 Å². The van der Waals surface area contributed by atoms with Crippen LogP contribution in [0.3, 0.4) is 0 Å². The zero-order valence-corrected chi connectivity index (χ0v) is 24.9. The first-order chi connectivity index (χ1) is 18.4. The van der Waals surface area contributed by atoms with E-state index in [-0.39, 0.29) is 43.9 Å². The lowest BCUT2D eigenvalue weighted by atomic mass is 9.99. The minimum Gasteiger partial charge on any atom is -0.326 e. The summed E-state index contributed by atoms with van der Waals surface area (Å²) in [6.07, 6.45) is 1.04. The summed E-state index contributed by atoms with van der Waals surface area (Å²) in [6.45, 7) is 0.343. The Labute approximate surface area is 247 Å². The highest BCUT2D eigenvalue weighted by Crippen LogP contribution is 2.31. The van der Waals surface area contributed by atoms with Gasteiger partial charge in [-0.15, -0.1) is 0 Å². The van der Waals surface area contributed by atoms with E-state index in [1.165, 1.54) is 46.8 Å². The third-order valence-electron chi connectivity index (χ3n) is 6.11. The lowest BCUT2D eigenvalue weighted by Gasteiger charge is -2.31. The summed E-state index contributed by atoms with van der Waals surface area (Å²) >= 11 is 24.0. The standard InChI is InChI=1S/C25H23Cl4N3O5S2/c26-20-11-6-16(13-22(20)28)15-38(34,35)32-12-2-3-17(14-32)25(33)30-18-7-9-19(10-8-18)39(36,37)31-23-5-1-4-21(27)24(23)29/h1,4-11,13,17,31H,2-3,12,14-15H2,(H,30,33)/t17-/m1/s1. The zero-order chi connectivity index (χ0) is 28.4. The number of sulfonamides is 2. The molecule has 1 atom stereocenters. The van der Waals surface area contributed by atoms with Gasteiger partial charge in [0.25, 0.3) is 10.0 Å².